The zero-order valence-electron chi connectivity index (χ0n) is 21.7. The third-order valence-corrected chi connectivity index (χ3v) is 6.36. The van der Waals surface area contributed by atoms with Gasteiger partial charge in [0.05, 0.1) is 25.4 Å². The van der Waals surface area contributed by atoms with Crippen molar-refractivity contribution in [3.05, 3.63) is 89.1 Å². The second-order valence-corrected chi connectivity index (χ2v) is 9.32. The summed E-state index contributed by atoms with van der Waals surface area (Å²) in [5.74, 6) is -1.22. The van der Waals surface area contributed by atoms with Crippen LogP contribution < -0.4 is 5.32 Å². The van der Waals surface area contributed by atoms with Crippen molar-refractivity contribution < 1.29 is 31.9 Å². The summed E-state index contributed by atoms with van der Waals surface area (Å²) in [4.78, 5) is 31.7. The zero-order valence-corrected chi connectivity index (χ0v) is 21.7. The van der Waals surface area contributed by atoms with Gasteiger partial charge in [0.25, 0.3) is 0 Å². The predicted molar refractivity (Wildman–Crippen MR) is 138 cm³/mol. The first-order valence-electron chi connectivity index (χ1n) is 12.7. The highest BCUT2D eigenvalue weighted by Crippen LogP contribution is 2.17. The summed E-state index contributed by atoms with van der Waals surface area (Å²) in [5, 5.41) is 2.45. The van der Waals surface area contributed by atoms with Crippen LogP contribution >= 0.6 is 0 Å². The van der Waals surface area contributed by atoms with Crippen LogP contribution in [0.15, 0.2) is 59.0 Å². The second-order valence-electron chi connectivity index (χ2n) is 9.32. The van der Waals surface area contributed by atoms with E-state index in [-0.39, 0.29) is 37.8 Å². The monoisotopic (exact) mass is 544 g/mol. The van der Waals surface area contributed by atoms with E-state index in [9.17, 15) is 22.8 Å². The lowest BCUT2D eigenvalue weighted by atomic mass is 10.2. The Morgan fingerprint density at radius 1 is 0.923 bits per heavy atom. The predicted octanol–water partition coefficient (Wildman–Crippen LogP) is 4.40. The van der Waals surface area contributed by atoms with Crippen LogP contribution in [0.5, 0.6) is 0 Å². The smallest absolute Gasteiger partial charge is 0.322 e. The van der Waals surface area contributed by atoms with Gasteiger partial charge in [-0.25, -0.2) is 18.0 Å². The zero-order chi connectivity index (χ0) is 27.8. The van der Waals surface area contributed by atoms with Crippen LogP contribution in [0.2, 0.25) is 0 Å². The van der Waals surface area contributed by atoms with Gasteiger partial charge in [0.15, 0.2) is 0 Å². The van der Waals surface area contributed by atoms with E-state index in [1.54, 1.807) is 31.2 Å². The Hall–Kier alpha value is -3.83. The van der Waals surface area contributed by atoms with Crippen LogP contribution in [0.3, 0.4) is 0 Å². The molecule has 1 aliphatic heterocycles. The third-order valence-electron chi connectivity index (χ3n) is 6.36. The average molecular weight is 545 g/mol. The molecule has 208 valence electrons. The number of hydrogen-bond acceptors (Lipinski definition) is 5. The average Bonchev–Trinajstić information content (AvgIpc) is 3.33. The van der Waals surface area contributed by atoms with E-state index in [1.807, 2.05) is 0 Å². The summed E-state index contributed by atoms with van der Waals surface area (Å²) in [7, 11) is 0. The van der Waals surface area contributed by atoms with E-state index in [0.717, 1.165) is 12.1 Å². The van der Waals surface area contributed by atoms with E-state index >= 15 is 0 Å². The summed E-state index contributed by atoms with van der Waals surface area (Å²) < 4.78 is 52.1. The van der Waals surface area contributed by atoms with Gasteiger partial charge in [-0.15, -0.1) is 0 Å². The highest BCUT2D eigenvalue weighted by Gasteiger charge is 2.24. The van der Waals surface area contributed by atoms with Crippen molar-refractivity contribution in [3.8, 4) is 0 Å². The number of ether oxygens (including phenoxy) is 1. The lowest BCUT2D eigenvalue weighted by molar-refractivity contribution is -0.133. The minimum atomic E-state index is -0.922. The molecule has 0 aliphatic carbocycles. The van der Waals surface area contributed by atoms with Crippen molar-refractivity contribution in [2.24, 2.45) is 0 Å². The van der Waals surface area contributed by atoms with Crippen LogP contribution in [0.25, 0.3) is 0 Å². The molecule has 39 heavy (non-hydrogen) atoms. The number of hydrogen-bond donors (Lipinski definition) is 1. The normalized spacial score (nSPS) is 13.7. The number of aryl methyl sites for hydroxylation is 1. The lowest BCUT2D eigenvalue weighted by Gasteiger charge is -2.31. The number of nitrogens with zero attached hydrogens (tertiary/aromatic N) is 3. The quantitative estimate of drug-likeness (QED) is 0.410. The summed E-state index contributed by atoms with van der Waals surface area (Å²) >= 11 is 0. The summed E-state index contributed by atoms with van der Waals surface area (Å²) in [6.07, 6.45) is 0. The highest BCUT2D eigenvalue weighted by molar-refractivity contribution is 5.92. The molecule has 3 aromatic rings. The van der Waals surface area contributed by atoms with E-state index in [0.29, 0.717) is 56.0 Å². The molecule has 1 aliphatic rings. The van der Waals surface area contributed by atoms with E-state index in [2.05, 4.69) is 10.2 Å². The van der Waals surface area contributed by atoms with Gasteiger partial charge >= 0.3 is 6.03 Å². The molecule has 0 spiro atoms. The molecule has 2 heterocycles. The summed E-state index contributed by atoms with van der Waals surface area (Å²) in [6.45, 7) is 4.95. The van der Waals surface area contributed by atoms with Gasteiger partial charge < -0.3 is 24.3 Å². The molecule has 11 heteroatoms. The van der Waals surface area contributed by atoms with Crippen LogP contribution in [0.4, 0.5) is 23.7 Å². The Morgan fingerprint density at radius 3 is 2.31 bits per heavy atom. The van der Waals surface area contributed by atoms with Gasteiger partial charge in [-0.3, -0.25) is 9.69 Å². The summed E-state index contributed by atoms with van der Waals surface area (Å²) in [6, 6.07) is 11.5. The van der Waals surface area contributed by atoms with Crippen LogP contribution in [0.1, 0.15) is 17.1 Å². The first-order valence-corrected chi connectivity index (χ1v) is 12.7. The molecule has 0 unspecified atom stereocenters. The topological polar surface area (TPSA) is 78.3 Å². The van der Waals surface area contributed by atoms with Gasteiger partial charge in [0.2, 0.25) is 5.91 Å². The highest BCUT2D eigenvalue weighted by atomic mass is 19.1. The standard InChI is InChI=1S/C28H31F3N4O4/c1-20-2-8-24(39-20)18-35(17-21-3-5-22(29)6-4-21)27(36)19-34(11-10-33-12-14-38-15-13-33)28(37)32-26-9-7-23(30)16-25(26)31/h2-9,16H,10-15,17-19H2,1H3,(H,32,37). The van der Waals surface area contributed by atoms with Gasteiger partial charge in [-0.05, 0) is 48.9 Å². The second kappa shape index (κ2) is 13.3. The molecule has 0 bridgehead atoms. The first kappa shape index (κ1) is 28.2. The number of rotatable bonds is 10. The van der Waals surface area contributed by atoms with Crippen LogP contribution in [-0.4, -0.2) is 72.6 Å². The number of halogens is 3. The Bertz CT molecular complexity index is 1260. The molecule has 1 N–H and O–H groups in total. The fraction of sp³-hybridized carbons (Fsp3) is 0.357. The van der Waals surface area contributed by atoms with Crippen molar-refractivity contribution in [1.82, 2.24) is 14.7 Å². The minimum Gasteiger partial charge on any atom is -0.464 e. The van der Waals surface area contributed by atoms with Crippen molar-refractivity contribution in [3.63, 3.8) is 0 Å². The minimum absolute atomic E-state index is 0.134. The van der Waals surface area contributed by atoms with E-state index < -0.39 is 23.5 Å². The number of urea groups is 1. The number of nitrogens with one attached hydrogen (secondary N) is 1. The Kier molecular flexibility index (Phi) is 9.61. The Labute approximate surface area is 224 Å². The molecule has 1 aromatic heterocycles. The van der Waals surface area contributed by atoms with Gasteiger partial charge in [0.1, 0.15) is 35.5 Å². The van der Waals surface area contributed by atoms with E-state index in [4.69, 9.17) is 9.15 Å². The molecule has 3 amide bonds. The van der Waals surface area contributed by atoms with Gasteiger partial charge in [-0.2, -0.15) is 0 Å². The van der Waals surface area contributed by atoms with Crippen molar-refractivity contribution >= 4 is 17.6 Å². The molecule has 8 nitrogen and oxygen atoms in total. The molecule has 2 aromatic carbocycles. The lowest BCUT2D eigenvalue weighted by Crippen LogP contribution is -2.48. The number of carbonyl (C=O) groups is 2. The van der Waals surface area contributed by atoms with Crippen LogP contribution in [0, 0.1) is 24.4 Å². The number of carbonyl (C=O) groups excluding carboxylic acids is 2. The molecule has 0 radical (unpaired) electrons. The summed E-state index contributed by atoms with van der Waals surface area (Å²) in [5.41, 5.74) is 0.505. The van der Waals surface area contributed by atoms with Crippen LogP contribution in [-0.2, 0) is 22.6 Å². The van der Waals surface area contributed by atoms with Crippen molar-refractivity contribution in [1.29, 1.82) is 0 Å². The maximum Gasteiger partial charge on any atom is 0.322 e. The largest absolute Gasteiger partial charge is 0.464 e. The number of benzene rings is 2. The molecular formula is C28H31F3N4O4. The fourth-order valence-corrected chi connectivity index (χ4v) is 4.19. The molecular weight excluding hydrogens is 513 g/mol. The third kappa shape index (κ3) is 8.33. The van der Waals surface area contributed by atoms with Crippen molar-refractivity contribution in [2.45, 2.75) is 20.0 Å². The van der Waals surface area contributed by atoms with Gasteiger partial charge in [-0.1, -0.05) is 12.1 Å². The maximum absolute atomic E-state index is 14.2. The molecule has 4 rings (SSSR count). The van der Waals surface area contributed by atoms with Crippen molar-refractivity contribution in [2.75, 3.05) is 51.3 Å². The molecule has 1 saturated heterocycles. The first-order chi connectivity index (χ1) is 18.8. The number of morpholine rings is 1. The number of furan rings is 1. The molecule has 1 fully saturated rings. The Morgan fingerprint density at radius 2 is 1.64 bits per heavy atom. The maximum atomic E-state index is 14.2. The molecule has 0 saturated carbocycles. The van der Waals surface area contributed by atoms with E-state index in [1.165, 1.54) is 21.9 Å². The number of amides is 3. The number of anilines is 1. The van der Waals surface area contributed by atoms with Gasteiger partial charge in [0, 0.05) is 38.8 Å². The SMILES string of the molecule is Cc1ccc(CN(Cc2ccc(F)cc2)C(=O)CN(CCN2CCOCC2)C(=O)Nc2ccc(F)cc2F)o1. The molecule has 0 atom stereocenters. The Balaban J connectivity index is 1.52. The fourth-order valence-electron chi connectivity index (χ4n) is 4.19.